The van der Waals surface area contributed by atoms with Crippen LogP contribution in [0.2, 0.25) is 0 Å². The van der Waals surface area contributed by atoms with Gasteiger partial charge in [-0.2, -0.15) is 0 Å². The topological polar surface area (TPSA) is 68.3 Å². The molecule has 0 saturated carbocycles. The lowest BCUT2D eigenvalue weighted by Gasteiger charge is -2.02. The average molecular weight is 248 g/mol. The number of sulfone groups is 1. The quantitative estimate of drug-likeness (QED) is 0.620. The molecule has 0 fully saturated rings. The van der Waals surface area contributed by atoms with Crippen molar-refractivity contribution < 1.29 is 18.0 Å². The van der Waals surface area contributed by atoms with Gasteiger partial charge in [0.2, 0.25) is 0 Å². The third kappa shape index (κ3) is 7.56. The van der Waals surface area contributed by atoms with Crippen molar-refractivity contribution >= 4 is 21.4 Å². The lowest BCUT2D eigenvalue weighted by Crippen LogP contribution is -2.19. The highest BCUT2D eigenvalue weighted by molar-refractivity contribution is 7.92. The molecule has 0 rings (SSSR count). The molecule has 0 aliphatic heterocycles. The largest absolute Gasteiger partial charge is 0.300 e. The maximum absolute atomic E-state index is 11.5. The number of carbonyl (C=O) groups excluding carboxylic acids is 2. The summed E-state index contributed by atoms with van der Waals surface area (Å²) in [6.07, 6.45) is 2.04. The zero-order valence-electron chi connectivity index (χ0n) is 9.99. The number of carbonyl (C=O) groups is 2. The molecule has 0 heterocycles. The molecule has 0 radical (unpaired) electrons. The fourth-order valence-electron chi connectivity index (χ4n) is 1.33. The minimum absolute atomic E-state index is 0.0613. The van der Waals surface area contributed by atoms with E-state index in [9.17, 15) is 18.0 Å². The van der Waals surface area contributed by atoms with Gasteiger partial charge in [-0.15, -0.1) is 0 Å². The van der Waals surface area contributed by atoms with Crippen LogP contribution in [0.4, 0.5) is 0 Å². The standard InChI is InChI=1S/C11H20O4S/c1-3-6-11(13)9-16(14,15)8-5-7-10(12)4-2/h3-9H2,1-2H3. The Hall–Kier alpha value is -0.710. The van der Waals surface area contributed by atoms with Gasteiger partial charge in [0.1, 0.15) is 17.3 Å². The second-order valence-electron chi connectivity index (χ2n) is 3.88. The Morgan fingerprint density at radius 3 is 2.12 bits per heavy atom. The predicted molar refractivity (Wildman–Crippen MR) is 63.1 cm³/mol. The molecule has 0 aliphatic carbocycles. The number of rotatable bonds is 9. The molecule has 0 amide bonds. The highest BCUT2D eigenvalue weighted by Crippen LogP contribution is 2.02. The smallest absolute Gasteiger partial charge is 0.157 e. The first-order chi connectivity index (χ1) is 7.41. The third-order valence-electron chi connectivity index (χ3n) is 2.22. The van der Waals surface area contributed by atoms with Crippen LogP contribution in [0.15, 0.2) is 0 Å². The first-order valence-electron chi connectivity index (χ1n) is 5.65. The molecular weight excluding hydrogens is 228 g/mol. The van der Waals surface area contributed by atoms with Crippen LogP contribution >= 0.6 is 0 Å². The molecule has 0 bridgehead atoms. The highest BCUT2D eigenvalue weighted by Gasteiger charge is 2.16. The summed E-state index contributed by atoms with van der Waals surface area (Å²) in [6, 6.07) is 0. The molecule has 0 aromatic heterocycles. The molecule has 94 valence electrons. The van der Waals surface area contributed by atoms with Gasteiger partial charge in [0.15, 0.2) is 9.84 Å². The van der Waals surface area contributed by atoms with Crippen LogP contribution in [0.3, 0.4) is 0 Å². The van der Waals surface area contributed by atoms with Gasteiger partial charge in [-0.25, -0.2) is 8.42 Å². The highest BCUT2D eigenvalue weighted by atomic mass is 32.2. The summed E-state index contributed by atoms with van der Waals surface area (Å²) in [4.78, 5) is 22.1. The fourth-order valence-corrected chi connectivity index (χ4v) is 2.70. The van der Waals surface area contributed by atoms with E-state index >= 15 is 0 Å². The first kappa shape index (κ1) is 15.3. The van der Waals surface area contributed by atoms with Crippen LogP contribution in [0.5, 0.6) is 0 Å². The van der Waals surface area contributed by atoms with Gasteiger partial charge < -0.3 is 0 Å². The van der Waals surface area contributed by atoms with Gasteiger partial charge in [0.25, 0.3) is 0 Å². The average Bonchev–Trinajstić information content (AvgIpc) is 2.16. The summed E-state index contributed by atoms with van der Waals surface area (Å²) in [5.41, 5.74) is 0. The fraction of sp³-hybridized carbons (Fsp3) is 0.818. The van der Waals surface area contributed by atoms with Crippen molar-refractivity contribution in [3.63, 3.8) is 0 Å². The molecular formula is C11H20O4S. The Balaban J connectivity index is 3.97. The Labute approximate surface area is 97.3 Å². The molecule has 0 aliphatic rings. The normalized spacial score (nSPS) is 11.4. The SMILES string of the molecule is CCCC(=O)CS(=O)(=O)CCCC(=O)CC. The van der Waals surface area contributed by atoms with Crippen molar-refractivity contribution in [3.8, 4) is 0 Å². The van der Waals surface area contributed by atoms with E-state index in [4.69, 9.17) is 0 Å². The molecule has 0 N–H and O–H groups in total. The number of Topliss-reactive ketones (excluding diaryl/α,β-unsaturated/α-hetero) is 2. The van der Waals surface area contributed by atoms with Crippen LogP contribution in [0.1, 0.15) is 46.0 Å². The maximum atomic E-state index is 11.5. The monoisotopic (exact) mass is 248 g/mol. The molecule has 0 aromatic carbocycles. The number of hydrogen-bond donors (Lipinski definition) is 0. The second-order valence-corrected chi connectivity index (χ2v) is 6.06. The van der Waals surface area contributed by atoms with Crippen molar-refractivity contribution in [1.29, 1.82) is 0 Å². The molecule has 0 saturated heterocycles. The van der Waals surface area contributed by atoms with Crippen LogP contribution in [-0.2, 0) is 19.4 Å². The molecule has 4 nitrogen and oxygen atoms in total. The van der Waals surface area contributed by atoms with E-state index in [2.05, 4.69) is 0 Å². The Kier molecular flexibility index (Phi) is 7.21. The molecule has 0 aromatic rings. The van der Waals surface area contributed by atoms with E-state index in [1.807, 2.05) is 6.92 Å². The summed E-state index contributed by atoms with van der Waals surface area (Å²) in [6.45, 7) is 3.59. The Morgan fingerprint density at radius 2 is 1.62 bits per heavy atom. The lowest BCUT2D eigenvalue weighted by atomic mass is 10.2. The van der Waals surface area contributed by atoms with Crippen LogP contribution in [0, 0.1) is 0 Å². The molecule has 16 heavy (non-hydrogen) atoms. The van der Waals surface area contributed by atoms with Gasteiger partial charge in [0, 0.05) is 19.3 Å². The Bertz CT molecular complexity index is 330. The van der Waals surface area contributed by atoms with Crippen molar-refractivity contribution in [3.05, 3.63) is 0 Å². The van der Waals surface area contributed by atoms with Gasteiger partial charge in [-0.3, -0.25) is 9.59 Å². The van der Waals surface area contributed by atoms with Crippen molar-refractivity contribution in [2.24, 2.45) is 0 Å². The zero-order valence-corrected chi connectivity index (χ0v) is 10.8. The van der Waals surface area contributed by atoms with Gasteiger partial charge in [-0.05, 0) is 12.8 Å². The summed E-state index contributed by atoms with van der Waals surface area (Å²) in [5, 5.41) is 0. The van der Waals surface area contributed by atoms with E-state index in [-0.39, 0.29) is 29.5 Å². The predicted octanol–water partition coefficient (Wildman–Crippen LogP) is 1.53. The summed E-state index contributed by atoms with van der Waals surface area (Å²) >= 11 is 0. The van der Waals surface area contributed by atoms with Crippen molar-refractivity contribution in [1.82, 2.24) is 0 Å². The molecule has 0 spiro atoms. The second kappa shape index (κ2) is 7.54. The lowest BCUT2D eigenvalue weighted by molar-refractivity contribution is -0.119. The first-order valence-corrected chi connectivity index (χ1v) is 7.47. The molecule has 0 atom stereocenters. The van der Waals surface area contributed by atoms with E-state index in [0.717, 1.165) is 0 Å². The Morgan fingerprint density at radius 1 is 1.00 bits per heavy atom. The number of hydrogen-bond acceptors (Lipinski definition) is 4. The van der Waals surface area contributed by atoms with Crippen molar-refractivity contribution in [2.75, 3.05) is 11.5 Å². The van der Waals surface area contributed by atoms with Crippen LogP contribution in [0.25, 0.3) is 0 Å². The van der Waals surface area contributed by atoms with Gasteiger partial charge in [0.05, 0.1) is 5.75 Å². The maximum Gasteiger partial charge on any atom is 0.157 e. The van der Waals surface area contributed by atoms with E-state index in [0.29, 0.717) is 25.7 Å². The van der Waals surface area contributed by atoms with Crippen LogP contribution in [-0.4, -0.2) is 31.5 Å². The van der Waals surface area contributed by atoms with E-state index in [1.165, 1.54) is 0 Å². The van der Waals surface area contributed by atoms with E-state index < -0.39 is 9.84 Å². The zero-order chi connectivity index (χ0) is 12.6. The van der Waals surface area contributed by atoms with Gasteiger partial charge >= 0.3 is 0 Å². The summed E-state index contributed by atoms with van der Waals surface area (Å²) < 4.78 is 22.9. The summed E-state index contributed by atoms with van der Waals surface area (Å²) in [5.74, 6) is -0.602. The molecule has 0 unspecified atom stereocenters. The van der Waals surface area contributed by atoms with Crippen molar-refractivity contribution in [2.45, 2.75) is 46.0 Å². The minimum atomic E-state index is -3.31. The van der Waals surface area contributed by atoms with Gasteiger partial charge in [-0.1, -0.05) is 13.8 Å². The third-order valence-corrected chi connectivity index (χ3v) is 3.89. The van der Waals surface area contributed by atoms with Crippen LogP contribution < -0.4 is 0 Å². The summed E-state index contributed by atoms with van der Waals surface area (Å²) in [7, 11) is -3.31. The van der Waals surface area contributed by atoms with E-state index in [1.54, 1.807) is 6.92 Å². The minimum Gasteiger partial charge on any atom is -0.300 e. The number of ketones is 2. The molecule has 5 heteroatoms.